The number of phosphoric acid groups is 2. The van der Waals surface area contributed by atoms with E-state index in [0.717, 1.165) is 0 Å². The Morgan fingerprint density at radius 1 is 1.00 bits per heavy atom. The molecule has 0 aliphatic heterocycles. The van der Waals surface area contributed by atoms with Crippen LogP contribution in [0.15, 0.2) is 0 Å². The van der Waals surface area contributed by atoms with Gasteiger partial charge in [-0.3, -0.25) is 0 Å². The molecule has 0 aromatic carbocycles. The van der Waals surface area contributed by atoms with E-state index < -0.39 is 15.6 Å². The molecular weight excluding hydrogens is 277 g/mol. The van der Waals surface area contributed by atoms with Crippen LogP contribution in [-0.4, -0.2) is 19.6 Å². The second-order valence-electron chi connectivity index (χ2n) is 1.06. The molecule has 0 aliphatic carbocycles. The van der Waals surface area contributed by atoms with Crippen LogP contribution in [0.5, 0.6) is 0 Å². The Labute approximate surface area is 117 Å². The summed E-state index contributed by atoms with van der Waals surface area (Å²) in [6, 6.07) is 0. The molecule has 0 heterocycles. The van der Waals surface area contributed by atoms with Crippen LogP contribution in [0.4, 0.5) is 0 Å². The van der Waals surface area contributed by atoms with Gasteiger partial charge in [0.05, 0.1) is 0 Å². The minimum Gasteiger partial charge on any atom is -1.00 e. The summed E-state index contributed by atoms with van der Waals surface area (Å²) < 4.78 is 22.2. The summed E-state index contributed by atoms with van der Waals surface area (Å²) in [5.41, 5.74) is 0. The first-order valence-electron chi connectivity index (χ1n) is 1.53. The van der Waals surface area contributed by atoms with Crippen LogP contribution in [0.1, 0.15) is 1.43 Å². The molecule has 0 saturated heterocycles. The van der Waals surface area contributed by atoms with Gasteiger partial charge in [-0.05, 0) is 0 Å². The van der Waals surface area contributed by atoms with Gasteiger partial charge in [-0.15, -0.1) is 0 Å². The molecule has 0 fully saturated rings. The third kappa shape index (κ3) is 19.0. The molecule has 0 atom stereocenters. The van der Waals surface area contributed by atoms with Crippen molar-refractivity contribution in [1.82, 2.24) is 0 Å². The first kappa shape index (κ1) is 19.1. The third-order valence-electron chi connectivity index (χ3n) is 0.213. The van der Waals surface area contributed by atoms with Gasteiger partial charge in [-0.2, -0.15) is 4.31 Å². The van der Waals surface area contributed by atoms with Gasteiger partial charge < -0.3 is 21.0 Å². The molecule has 0 spiro atoms. The summed E-state index contributed by atoms with van der Waals surface area (Å²) in [6.45, 7) is 0. The molecule has 0 aliphatic rings. The molecule has 4 N–H and O–H groups in total. The first-order chi connectivity index (χ1) is 3.71. The van der Waals surface area contributed by atoms with Crippen molar-refractivity contribution in [3.63, 3.8) is 0 Å². The molecule has 11 heteroatoms. The van der Waals surface area contributed by atoms with E-state index in [1.165, 1.54) is 0 Å². The Kier molecular flexibility index (Phi) is 11.8. The van der Waals surface area contributed by atoms with Crippen molar-refractivity contribution in [2.45, 2.75) is 0 Å². The molecule has 0 aromatic rings. The summed E-state index contributed by atoms with van der Waals surface area (Å²) in [7, 11) is -10.1. The van der Waals surface area contributed by atoms with Crippen molar-refractivity contribution in [1.29, 1.82) is 0 Å². The van der Waals surface area contributed by atoms with Gasteiger partial charge >= 0.3 is 67.0 Å². The van der Waals surface area contributed by atoms with Crippen molar-refractivity contribution in [3.05, 3.63) is 0 Å². The van der Waals surface area contributed by atoms with Gasteiger partial charge in [-0.1, -0.05) is 0 Å². The largest absolute Gasteiger partial charge is 1.00 e. The molecule has 0 unspecified atom stereocenters. The van der Waals surface area contributed by atoms with Gasteiger partial charge in [0.2, 0.25) is 0 Å². The maximum absolute atomic E-state index is 9.63. The molecule has 0 saturated carbocycles. The summed E-state index contributed by atoms with van der Waals surface area (Å²) in [5, 5.41) is 0. The van der Waals surface area contributed by atoms with Crippen LogP contribution in [0.3, 0.4) is 0 Å². The van der Waals surface area contributed by atoms with Crippen molar-refractivity contribution >= 4 is 15.6 Å². The van der Waals surface area contributed by atoms with Crippen molar-refractivity contribution in [2.75, 3.05) is 0 Å². The SMILES string of the molecule is O=P(O)(O)OP(=O)(O)O.[Cu].[H-].[K+]. The fraction of sp³-hybridized carbons (Fsp3) is 0. The molecular formula is H5CuKO7P2. The van der Waals surface area contributed by atoms with Crippen molar-refractivity contribution < 1.29 is 103 Å². The zero-order valence-corrected chi connectivity index (χ0v) is 11.1. The minimum atomic E-state index is -5.05. The monoisotopic (exact) mass is 281 g/mol. The van der Waals surface area contributed by atoms with Crippen LogP contribution in [0.2, 0.25) is 0 Å². The van der Waals surface area contributed by atoms with E-state index in [4.69, 9.17) is 19.6 Å². The smallest absolute Gasteiger partial charge is 1.00 e. The van der Waals surface area contributed by atoms with Gasteiger partial charge in [0.25, 0.3) is 0 Å². The van der Waals surface area contributed by atoms with Gasteiger partial charge in [0, 0.05) is 17.1 Å². The molecule has 0 aromatic heterocycles. The number of hydrogen-bond acceptors (Lipinski definition) is 3. The molecule has 69 valence electrons. The molecule has 1 radical (unpaired) electrons. The number of rotatable bonds is 2. The van der Waals surface area contributed by atoms with Crippen LogP contribution >= 0.6 is 15.6 Å². The molecule has 0 amide bonds. The molecule has 11 heavy (non-hydrogen) atoms. The third-order valence-corrected chi connectivity index (χ3v) is 1.91. The predicted octanol–water partition coefficient (Wildman–Crippen LogP) is -3.70. The van der Waals surface area contributed by atoms with E-state index in [-0.39, 0.29) is 69.9 Å². The van der Waals surface area contributed by atoms with E-state index in [1.54, 1.807) is 0 Å². The van der Waals surface area contributed by atoms with Gasteiger partial charge in [-0.25, -0.2) is 9.13 Å². The van der Waals surface area contributed by atoms with E-state index in [0.29, 0.717) is 0 Å². The summed E-state index contributed by atoms with van der Waals surface area (Å²) in [4.78, 5) is 31.0. The number of hydrogen-bond donors (Lipinski definition) is 4. The van der Waals surface area contributed by atoms with Crippen molar-refractivity contribution in [3.8, 4) is 0 Å². The first-order valence-corrected chi connectivity index (χ1v) is 4.59. The van der Waals surface area contributed by atoms with Crippen LogP contribution in [-0.2, 0) is 30.5 Å². The zero-order chi connectivity index (χ0) is 7.71. The Morgan fingerprint density at radius 3 is 1.18 bits per heavy atom. The van der Waals surface area contributed by atoms with E-state index in [1.807, 2.05) is 0 Å². The predicted molar refractivity (Wildman–Crippen MR) is 26.3 cm³/mol. The average Bonchev–Trinajstić information content (AvgIpc) is 1.14. The van der Waals surface area contributed by atoms with E-state index in [9.17, 15) is 9.13 Å². The topological polar surface area (TPSA) is 124 Å². The maximum Gasteiger partial charge on any atom is 1.00 e. The summed E-state index contributed by atoms with van der Waals surface area (Å²) in [6.07, 6.45) is 0. The van der Waals surface area contributed by atoms with Crippen LogP contribution in [0.25, 0.3) is 0 Å². The Hall–Kier alpha value is 2.42. The Bertz CT molecular complexity index is 162. The fourth-order valence-electron chi connectivity index (χ4n) is 0.139. The Morgan fingerprint density at radius 2 is 1.18 bits per heavy atom. The van der Waals surface area contributed by atoms with Crippen LogP contribution in [0, 0.1) is 0 Å². The molecule has 0 bridgehead atoms. The van der Waals surface area contributed by atoms with E-state index >= 15 is 0 Å². The molecule has 0 rings (SSSR count). The minimum absolute atomic E-state index is 0. The summed E-state index contributed by atoms with van der Waals surface area (Å²) in [5.74, 6) is 0. The second-order valence-corrected chi connectivity index (χ2v) is 3.68. The summed E-state index contributed by atoms with van der Waals surface area (Å²) >= 11 is 0. The molecule has 7 nitrogen and oxygen atoms in total. The maximum atomic E-state index is 9.63. The fourth-order valence-corrected chi connectivity index (χ4v) is 1.25. The van der Waals surface area contributed by atoms with Gasteiger partial charge in [0.1, 0.15) is 0 Å². The Balaban J connectivity index is -0.000000107. The standard InChI is InChI=1S/Cu.K.H4O7P2.H/c;;1-8(2,3)7-9(4,5)6;/h;;(H2,1,2,3)(H2,4,5,6);/q;+1;;-1. The zero-order valence-electron chi connectivity index (χ0n) is 6.21. The quantitative estimate of drug-likeness (QED) is 0.303. The second kappa shape index (κ2) is 6.81. The normalized spacial score (nSPS) is 11.3. The van der Waals surface area contributed by atoms with Crippen LogP contribution < -0.4 is 51.4 Å². The van der Waals surface area contributed by atoms with E-state index in [2.05, 4.69) is 4.31 Å². The van der Waals surface area contributed by atoms with Gasteiger partial charge in [0.15, 0.2) is 0 Å². The van der Waals surface area contributed by atoms with Crippen molar-refractivity contribution in [2.24, 2.45) is 0 Å². The average molecular weight is 282 g/mol.